The third-order valence-electron chi connectivity index (χ3n) is 2.83. The van der Waals surface area contributed by atoms with Crippen LogP contribution < -0.4 is 10.7 Å². The van der Waals surface area contributed by atoms with E-state index < -0.39 is 0 Å². The first-order chi connectivity index (χ1) is 10.6. The Morgan fingerprint density at radius 2 is 2.18 bits per heavy atom. The maximum Gasteiger partial charge on any atom is 0.223 e. The van der Waals surface area contributed by atoms with Gasteiger partial charge < -0.3 is 10.3 Å². The molecule has 3 rings (SSSR count). The molecule has 1 aromatic carbocycles. The lowest BCUT2D eigenvalue weighted by molar-refractivity contribution is -0.114. The molecule has 1 amide bonds. The lowest BCUT2D eigenvalue weighted by Crippen LogP contribution is -2.04. The summed E-state index contributed by atoms with van der Waals surface area (Å²) in [7, 11) is 0. The molecule has 0 radical (unpaired) electrons. The van der Waals surface area contributed by atoms with Crippen molar-refractivity contribution in [3.63, 3.8) is 0 Å². The van der Waals surface area contributed by atoms with Crippen LogP contribution in [0, 0.1) is 0 Å². The molecule has 0 aliphatic heterocycles. The number of aromatic nitrogens is 3. The van der Waals surface area contributed by atoms with E-state index >= 15 is 0 Å². The Kier molecular flexibility index (Phi) is 4.21. The van der Waals surface area contributed by atoms with Crippen LogP contribution in [-0.2, 0) is 10.5 Å². The van der Waals surface area contributed by atoms with Crippen molar-refractivity contribution in [1.29, 1.82) is 0 Å². The van der Waals surface area contributed by atoms with Crippen LogP contribution in [-0.4, -0.2) is 21.1 Å². The molecular weight excluding hydrogens is 320 g/mol. The van der Waals surface area contributed by atoms with Crippen molar-refractivity contribution >= 4 is 45.0 Å². The number of hydrogen-bond acceptors (Lipinski definition) is 6. The molecule has 0 saturated carbocycles. The number of fused-ring (bicyclic) bond motifs is 1. The van der Waals surface area contributed by atoms with Crippen molar-refractivity contribution in [2.75, 3.05) is 5.32 Å². The smallest absolute Gasteiger partial charge is 0.223 e. The van der Waals surface area contributed by atoms with Gasteiger partial charge in [0.2, 0.25) is 11.0 Å². The number of aromatic amines is 1. The number of amides is 1. The van der Waals surface area contributed by atoms with Gasteiger partial charge in [-0.2, -0.15) is 0 Å². The van der Waals surface area contributed by atoms with Crippen molar-refractivity contribution in [3.05, 3.63) is 46.2 Å². The number of para-hydroxylation sites is 1. The molecule has 2 heterocycles. The summed E-state index contributed by atoms with van der Waals surface area (Å²) in [6.45, 7) is 1.42. The van der Waals surface area contributed by atoms with Gasteiger partial charge >= 0.3 is 0 Å². The van der Waals surface area contributed by atoms with Gasteiger partial charge in [0.05, 0.1) is 0 Å². The summed E-state index contributed by atoms with van der Waals surface area (Å²) in [5.41, 5.74) is 1.65. The average Bonchev–Trinajstić information content (AvgIpc) is 2.92. The van der Waals surface area contributed by atoms with E-state index in [1.54, 1.807) is 12.1 Å². The van der Waals surface area contributed by atoms with E-state index in [1.165, 1.54) is 30.0 Å². The number of carbonyl (C=O) groups is 1. The second-order valence-corrected chi connectivity index (χ2v) is 6.75. The number of H-pyrrole nitrogens is 1. The zero-order valence-electron chi connectivity index (χ0n) is 11.6. The van der Waals surface area contributed by atoms with Crippen molar-refractivity contribution in [3.8, 4) is 0 Å². The number of thioether (sulfide) groups is 1. The third kappa shape index (κ3) is 3.34. The van der Waals surface area contributed by atoms with Crippen LogP contribution in [0.5, 0.6) is 0 Å². The van der Waals surface area contributed by atoms with Gasteiger partial charge in [0.15, 0.2) is 9.77 Å². The van der Waals surface area contributed by atoms with Gasteiger partial charge in [0.1, 0.15) is 0 Å². The third-order valence-corrected chi connectivity index (χ3v) is 4.85. The van der Waals surface area contributed by atoms with Gasteiger partial charge in [-0.15, -0.1) is 10.2 Å². The number of rotatable bonds is 4. The van der Waals surface area contributed by atoms with Crippen LogP contribution in [0.1, 0.15) is 12.6 Å². The first-order valence-corrected chi connectivity index (χ1v) is 8.27. The summed E-state index contributed by atoms with van der Waals surface area (Å²) in [5.74, 6) is 0.404. The molecule has 112 valence electrons. The van der Waals surface area contributed by atoms with Crippen molar-refractivity contribution < 1.29 is 4.79 Å². The molecule has 22 heavy (non-hydrogen) atoms. The highest BCUT2D eigenvalue weighted by Crippen LogP contribution is 2.27. The SMILES string of the molecule is CC(=O)Nc1nnc(SCc2cc(=O)c3ccccc3[nH]2)s1. The number of carbonyl (C=O) groups excluding carboxylic acids is 1. The number of nitrogens with zero attached hydrogens (tertiary/aromatic N) is 2. The van der Waals surface area contributed by atoms with Gasteiger partial charge in [-0.25, -0.2) is 0 Å². The fourth-order valence-corrected chi connectivity index (χ4v) is 3.64. The molecule has 0 fully saturated rings. The summed E-state index contributed by atoms with van der Waals surface area (Å²) in [6.07, 6.45) is 0. The molecule has 0 aliphatic rings. The van der Waals surface area contributed by atoms with E-state index in [-0.39, 0.29) is 11.3 Å². The predicted molar refractivity (Wildman–Crippen MR) is 88.3 cm³/mol. The molecule has 6 nitrogen and oxygen atoms in total. The Hall–Kier alpha value is -2.19. The minimum Gasteiger partial charge on any atom is -0.357 e. The van der Waals surface area contributed by atoms with Crippen molar-refractivity contribution in [2.45, 2.75) is 17.0 Å². The Balaban J connectivity index is 1.75. The molecule has 0 aliphatic carbocycles. The molecule has 0 bridgehead atoms. The van der Waals surface area contributed by atoms with Crippen molar-refractivity contribution in [1.82, 2.24) is 15.2 Å². The molecule has 3 aromatic rings. The standard InChI is InChI=1S/C14H12N4O2S2/c1-8(19)15-13-17-18-14(22-13)21-7-9-6-12(20)10-4-2-3-5-11(10)16-9/h2-6H,7H2,1H3,(H,16,20)(H,15,17,19). The van der Waals surface area contributed by atoms with E-state index in [0.717, 1.165) is 15.6 Å². The van der Waals surface area contributed by atoms with E-state index in [9.17, 15) is 9.59 Å². The quantitative estimate of drug-likeness (QED) is 0.566. The van der Waals surface area contributed by atoms with Gasteiger partial charge in [0, 0.05) is 35.3 Å². The fraction of sp³-hybridized carbons (Fsp3) is 0.143. The first kappa shape index (κ1) is 14.7. The van der Waals surface area contributed by atoms with Crippen LogP contribution in [0.2, 0.25) is 0 Å². The van der Waals surface area contributed by atoms with Crippen LogP contribution >= 0.6 is 23.1 Å². The zero-order valence-corrected chi connectivity index (χ0v) is 13.3. The second-order valence-electron chi connectivity index (χ2n) is 4.55. The molecule has 8 heteroatoms. The summed E-state index contributed by atoms with van der Waals surface area (Å²) in [5, 5.41) is 11.6. The molecule has 0 unspecified atom stereocenters. The highest BCUT2D eigenvalue weighted by Gasteiger charge is 2.07. The molecular formula is C14H12N4O2S2. The normalized spacial score (nSPS) is 10.8. The van der Waals surface area contributed by atoms with Gasteiger partial charge in [-0.05, 0) is 12.1 Å². The number of benzene rings is 1. The van der Waals surface area contributed by atoms with Gasteiger partial charge in [-0.3, -0.25) is 9.59 Å². The van der Waals surface area contributed by atoms with Gasteiger partial charge in [-0.1, -0.05) is 35.2 Å². The highest BCUT2D eigenvalue weighted by molar-refractivity contribution is 8.00. The van der Waals surface area contributed by atoms with E-state index in [4.69, 9.17) is 0 Å². The van der Waals surface area contributed by atoms with Crippen LogP contribution in [0.4, 0.5) is 5.13 Å². The zero-order chi connectivity index (χ0) is 15.5. The number of anilines is 1. The Morgan fingerprint density at radius 1 is 1.36 bits per heavy atom. The molecule has 0 saturated heterocycles. The topological polar surface area (TPSA) is 87.7 Å². The maximum absolute atomic E-state index is 12.0. The molecule has 0 spiro atoms. The highest BCUT2D eigenvalue weighted by atomic mass is 32.2. The lowest BCUT2D eigenvalue weighted by Gasteiger charge is -2.02. The Bertz CT molecular complexity index is 888. The molecule has 0 atom stereocenters. The first-order valence-electron chi connectivity index (χ1n) is 6.46. The summed E-state index contributed by atoms with van der Waals surface area (Å²) < 4.78 is 0.734. The summed E-state index contributed by atoms with van der Waals surface area (Å²) in [4.78, 5) is 26.2. The summed E-state index contributed by atoms with van der Waals surface area (Å²) in [6, 6.07) is 9.02. The van der Waals surface area contributed by atoms with E-state index in [0.29, 0.717) is 16.3 Å². The molecule has 2 N–H and O–H groups in total. The largest absolute Gasteiger partial charge is 0.357 e. The fourth-order valence-electron chi connectivity index (χ4n) is 1.94. The van der Waals surface area contributed by atoms with Gasteiger partial charge in [0.25, 0.3) is 0 Å². The van der Waals surface area contributed by atoms with E-state index in [1.807, 2.05) is 18.2 Å². The molecule has 2 aromatic heterocycles. The monoisotopic (exact) mass is 332 g/mol. The predicted octanol–water partition coefficient (Wildman–Crippen LogP) is 2.63. The number of hydrogen-bond donors (Lipinski definition) is 2. The average molecular weight is 332 g/mol. The van der Waals surface area contributed by atoms with Crippen molar-refractivity contribution in [2.24, 2.45) is 0 Å². The number of nitrogens with one attached hydrogen (secondary N) is 2. The van der Waals surface area contributed by atoms with Crippen LogP contribution in [0.3, 0.4) is 0 Å². The lowest BCUT2D eigenvalue weighted by atomic mass is 10.2. The van der Waals surface area contributed by atoms with Crippen LogP contribution in [0.25, 0.3) is 10.9 Å². The maximum atomic E-state index is 12.0. The Morgan fingerprint density at radius 3 is 3.00 bits per heavy atom. The Labute approximate surface area is 134 Å². The van der Waals surface area contributed by atoms with E-state index in [2.05, 4.69) is 20.5 Å². The minimum absolute atomic E-state index is 0.00106. The minimum atomic E-state index is -0.174. The van der Waals surface area contributed by atoms with Crippen LogP contribution in [0.15, 0.2) is 39.5 Å². The number of pyridine rings is 1. The second kappa shape index (κ2) is 6.29. The summed E-state index contributed by atoms with van der Waals surface area (Å²) >= 11 is 2.77.